The molecule has 1 aliphatic heterocycles. The summed E-state index contributed by atoms with van der Waals surface area (Å²) < 4.78 is 6.35. The molecular weight excluding hydrogens is 306 g/mol. The van der Waals surface area contributed by atoms with Gasteiger partial charge >= 0.3 is 5.97 Å². The zero-order valence-electron chi connectivity index (χ0n) is 15.9. The van der Waals surface area contributed by atoms with E-state index in [-0.39, 0.29) is 6.42 Å². The Hall–Kier alpha value is -0.650. The van der Waals surface area contributed by atoms with Gasteiger partial charge in [0.05, 0.1) is 20.5 Å². The number of ether oxygens (including phenoxy) is 1. The van der Waals surface area contributed by atoms with E-state index in [1.54, 1.807) is 0 Å². The van der Waals surface area contributed by atoms with Gasteiger partial charge in [-0.05, 0) is 6.42 Å². The number of carboxylic acids is 1. The lowest BCUT2D eigenvalue weighted by Crippen LogP contribution is -2.62. The molecule has 5 nitrogen and oxygen atoms in total. The first-order chi connectivity index (χ1) is 11.3. The number of aliphatic hydroxyl groups is 1. The van der Waals surface area contributed by atoms with Gasteiger partial charge in [0.15, 0.2) is 0 Å². The molecule has 1 aliphatic rings. The topological polar surface area (TPSA) is 66.8 Å². The average molecular weight is 345 g/mol. The zero-order valence-corrected chi connectivity index (χ0v) is 15.9. The zero-order chi connectivity index (χ0) is 18.1. The molecule has 0 saturated carbocycles. The molecule has 2 atom stereocenters. The summed E-state index contributed by atoms with van der Waals surface area (Å²) in [5.74, 6) is -2.05. The summed E-state index contributed by atoms with van der Waals surface area (Å²) in [6.07, 6.45) is 11.3. The van der Waals surface area contributed by atoms with Crippen LogP contribution in [0.15, 0.2) is 0 Å². The van der Waals surface area contributed by atoms with Crippen molar-refractivity contribution in [2.24, 2.45) is 0 Å². The van der Waals surface area contributed by atoms with E-state index in [0.29, 0.717) is 24.0 Å². The molecule has 0 amide bonds. The Labute approximate surface area is 147 Å². The lowest BCUT2D eigenvalue weighted by Gasteiger charge is -2.46. The van der Waals surface area contributed by atoms with Gasteiger partial charge in [0.25, 0.3) is 0 Å². The minimum atomic E-state index is -1.18. The molecule has 0 spiro atoms. The number of carboxylic acid groups (broad SMARTS) is 1. The van der Waals surface area contributed by atoms with Gasteiger partial charge in [-0.15, -0.1) is 0 Å². The van der Waals surface area contributed by atoms with E-state index in [1.165, 1.54) is 44.9 Å². The Morgan fingerprint density at radius 3 is 2.17 bits per heavy atom. The van der Waals surface area contributed by atoms with Crippen LogP contribution in [0.2, 0.25) is 0 Å². The maximum atomic E-state index is 10.9. The number of hydrogen-bond donors (Lipinski definition) is 2. The van der Waals surface area contributed by atoms with Gasteiger partial charge in [-0.3, -0.25) is 4.79 Å². The van der Waals surface area contributed by atoms with Gasteiger partial charge in [0.2, 0.25) is 5.79 Å². The smallest absolute Gasteiger partial charge is 0.306 e. The van der Waals surface area contributed by atoms with Crippen LogP contribution < -0.4 is 0 Å². The summed E-state index contributed by atoms with van der Waals surface area (Å²) in [6, 6.07) is 0. The molecule has 24 heavy (non-hydrogen) atoms. The molecule has 0 aromatic rings. The van der Waals surface area contributed by atoms with Crippen molar-refractivity contribution in [3.8, 4) is 0 Å². The summed E-state index contributed by atoms with van der Waals surface area (Å²) in [6.45, 7) is 3.39. The highest BCUT2D eigenvalue weighted by Crippen LogP contribution is 2.29. The van der Waals surface area contributed by atoms with Crippen LogP contribution in [-0.2, 0) is 9.53 Å². The number of unbranched alkanes of at least 4 members (excludes halogenated alkanes) is 8. The second-order valence-electron chi connectivity index (χ2n) is 8.14. The monoisotopic (exact) mass is 344 g/mol. The van der Waals surface area contributed by atoms with Crippen molar-refractivity contribution in [1.82, 2.24) is 0 Å². The van der Waals surface area contributed by atoms with E-state index in [2.05, 4.69) is 6.92 Å². The number of rotatable bonds is 12. The van der Waals surface area contributed by atoms with Crippen LogP contribution in [-0.4, -0.2) is 59.7 Å². The van der Waals surface area contributed by atoms with E-state index in [0.717, 1.165) is 12.8 Å². The van der Waals surface area contributed by atoms with Crippen molar-refractivity contribution >= 4 is 5.97 Å². The van der Waals surface area contributed by atoms with Crippen molar-refractivity contribution in [3.63, 3.8) is 0 Å². The van der Waals surface area contributed by atoms with Crippen LogP contribution >= 0.6 is 0 Å². The molecule has 1 rings (SSSR count). The third-order valence-electron chi connectivity index (χ3n) is 4.83. The number of likely N-dealkylation sites (N-methyl/N-ethyl adjacent to an activating group) is 1. The summed E-state index contributed by atoms with van der Waals surface area (Å²) in [5.41, 5.74) is 0. The van der Waals surface area contributed by atoms with Gasteiger partial charge in [-0.25, -0.2) is 0 Å². The van der Waals surface area contributed by atoms with E-state index >= 15 is 0 Å². The van der Waals surface area contributed by atoms with Crippen molar-refractivity contribution in [2.45, 2.75) is 89.4 Å². The SMILES string of the molecule is CCCCCCCCCCC[C@@]1(O)C[N+](C)(C)C[C@@H](CC(=O)O)O1. The van der Waals surface area contributed by atoms with E-state index in [9.17, 15) is 9.90 Å². The predicted molar refractivity (Wildman–Crippen MR) is 95.8 cm³/mol. The van der Waals surface area contributed by atoms with Crippen LogP contribution in [0, 0.1) is 0 Å². The number of nitrogens with zero attached hydrogens (tertiary/aromatic N) is 1. The van der Waals surface area contributed by atoms with Crippen LogP contribution in [0.1, 0.15) is 77.6 Å². The molecule has 1 saturated heterocycles. The molecule has 0 radical (unpaired) electrons. The summed E-state index contributed by atoms with van der Waals surface area (Å²) in [5, 5.41) is 19.7. The lowest BCUT2D eigenvalue weighted by molar-refractivity contribution is -0.915. The highest BCUT2D eigenvalue weighted by molar-refractivity contribution is 5.67. The maximum Gasteiger partial charge on any atom is 0.306 e. The van der Waals surface area contributed by atoms with E-state index in [1.807, 2.05) is 14.1 Å². The van der Waals surface area contributed by atoms with Gasteiger partial charge < -0.3 is 19.4 Å². The Morgan fingerprint density at radius 1 is 1.08 bits per heavy atom. The fraction of sp³-hybridized carbons (Fsp3) is 0.947. The van der Waals surface area contributed by atoms with Crippen LogP contribution in [0.4, 0.5) is 0 Å². The second-order valence-corrected chi connectivity index (χ2v) is 8.14. The fourth-order valence-corrected chi connectivity index (χ4v) is 3.82. The normalized spacial score (nSPS) is 26.4. The van der Waals surface area contributed by atoms with Gasteiger partial charge in [-0.1, -0.05) is 58.3 Å². The van der Waals surface area contributed by atoms with Gasteiger partial charge in [-0.2, -0.15) is 0 Å². The predicted octanol–water partition coefficient (Wildman–Crippen LogP) is 3.55. The minimum absolute atomic E-state index is 0.0399. The molecule has 5 heteroatoms. The van der Waals surface area contributed by atoms with E-state index in [4.69, 9.17) is 9.84 Å². The molecule has 0 aromatic carbocycles. The molecule has 0 bridgehead atoms. The largest absolute Gasteiger partial charge is 0.481 e. The van der Waals surface area contributed by atoms with Crippen LogP contribution in [0.3, 0.4) is 0 Å². The van der Waals surface area contributed by atoms with Crippen molar-refractivity contribution in [2.75, 3.05) is 27.2 Å². The molecule has 142 valence electrons. The summed E-state index contributed by atoms with van der Waals surface area (Å²) in [7, 11) is 4.05. The molecule has 2 N–H and O–H groups in total. The van der Waals surface area contributed by atoms with Crippen molar-refractivity contribution < 1.29 is 24.2 Å². The molecular formula is C19H38NO4+. The first-order valence-corrected chi connectivity index (χ1v) is 9.70. The van der Waals surface area contributed by atoms with Crippen molar-refractivity contribution in [3.05, 3.63) is 0 Å². The number of morpholine rings is 1. The first-order valence-electron chi connectivity index (χ1n) is 9.70. The molecule has 0 aromatic heterocycles. The molecule has 0 unspecified atom stereocenters. The fourth-order valence-electron chi connectivity index (χ4n) is 3.82. The lowest BCUT2D eigenvalue weighted by atomic mass is 10.0. The van der Waals surface area contributed by atoms with E-state index < -0.39 is 17.9 Å². The Bertz CT molecular complexity index is 372. The maximum absolute atomic E-state index is 10.9. The Kier molecular flexibility index (Phi) is 9.24. The van der Waals surface area contributed by atoms with Gasteiger partial charge in [0, 0.05) is 6.42 Å². The number of carbonyl (C=O) groups is 1. The Balaban J connectivity index is 2.25. The summed E-state index contributed by atoms with van der Waals surface area (Å²) in [4.78, 5) is 10.9. The molecule has 1 fully saturated rings. The van der Waals surface area contributed by atoms with Crippen LogP contribution in [0.25, 0.3) is 0 Å². The van der Waals surface area contributed by atoms with Crippen molar-refractivity contribution in [1.29, 1.82) is 0 Å². The minimum Gasteiger partial charge on any atom is -0.481 e. The standard InChI is InChI=1S/C19H37NO4/c1-4-5-6-7-8-9-10-11-12-13-19(23)16-20(2,3)15-17(24-19)14-18(21)22/h17,23H,4-16H2,1-3H3/p+1/t17-,19+/m1/s1. The third-order valence-corrected chi connectivity index (χ3v) is 4.83. The number of quaternary nitrogens is 1. The quantitative estimate of drug-likeness (QED) is 0.420. The second kappa shape index (κ2) is 10.4. The first kappa shape index (κ1) is 21.4. The third kappa shape index (κ3) is 9.00. The highest BCUT2D eigenvalue weighted by Gasteiger charge is 2.45. The van der Waals surface area contributed by atoms with Gasteiger partial charge in [0.1, 0.15) is 19.2 Å². The number of aliphatic carboxylic acids is 1. The average Bonchev–Trinajstić information content (AvgIpc) is 2.42. The molecule has 0 aliphatic carbocycles. The molecule has 1 heterocycles. The Morgan fingerprint density at radius 2 is 1.62 bits per heavy atom. The summed E-state index contributed by atoms with van der Waals surface area (Å²) >= 11 is 0. The number of hydrogen-bond acceptors (Lipinski definition) is 3. The highest BCUT2D eigenvalue weighted by atomic mass is 16.6. The van der Waals surface area contributed by atoms with Crippen LogP contribution in [0.5, 0.6) is 0 Å².